The number of amides is 1. The van der Waals surface area contributed by atoms with E-state index < -0.39 is 0 Å². The Kier molecular flexibility index (Phi) is 4.26. The van der Waals surface area contributed by atoms with E-state index >= 15 is 0 Å². The maximum absolute atomic E-state index is 12.7. The molecular formula is C20H20N2O3. The average molecular weight is 336 g/mol. The topological polar surface area (TPSA) is 74.4 Å². The van der Waals surface area contributed by atoms with Crippen LogP contribution in [0, 0.1) is 0 Å². The van der Waals surface area contributed by atoms with E-state index in [2.05, 4.69) is 10.3 Å². The van der Waals surface area contributed by atoms with Crippen LogP contribution in [0.15, 0.2) is 48.7 Å². The average Bonchev–Trinajstić information content (AvgIpc) is 3.27. The number of ether oxygens (including phenoxy) is 1. The van der Waals surface area contributed by atoms with Gasteiger partial charge < -0.3 is 20.1 Å². The lowest BCUT2D eigenvalue weighted by Crippen LogP contribution is -2.39. The smallest absolute Gasteiger partial charge is 0.251 e. The van der Waals surface area contributed by atoms with Gasteiger partial charge in [0, 0.05) is 22.7 Å². The molecule has 0 saturated carbocycles. The van der Waals surface area contributed by atoms with Crippen molar-refractivity contribution in [2.24, 2.45) is 0 Å². The molecule has 5 nitrogen and oxygen atoms in total. The minimum absolute atomic E-state index is 0.114. The van der Waals surface area contributed by atoms with Crippen LogP contribution in [-0.2, 0) is 24.4 Å². The summed E-state index contributed by atoms with van der Waals surface area (Å²) < 4.78 is 5.44. The number of aliphatic hydroxyl groups is 1. The number of fused-ring (bicyclic) bond motifs is 2. The normalized spacial score (nSPS) is 14.4. The second-order valence-corrected chi connectivity index (χ2v) is 6.35. The molecule has 1 unspecified atom stereocenters. The monoisotopic (exact) mass is 336 g/mol. The molecule has 1 amide bonds. The zero-order valence-corrected chi connectivity index (χ0v) is 13.8. The summed E-state index contributed by atoms with van der Waals surface area (Å²) in [6.45, 7) is 0.900. The van der Waals surface area contributed by atoms with Crippen molar-refractivity contribution in [3.05, 3.63) is 70.9 Å². The number of carbonyl (C=O) groups is 1. The molecule has 1 aromatic heterocycles. The van der Waals surface area contributed by atoms with Gasteiger partial charge in [-0.2, -0.15) is 0 Å². The second-order valence-electron chi connectivity index (χ2n) is 6.35. The second kappa shape index (κ2) is 6.70. The summed E-state index contributed by atoms with van der Waals surface area (Å²) in [5.74, 6) is -0.166. The van der Waals surface area contributed by atoms with Gasteiger partial charge in [0.05, 0.1) is 25.9 Å². The summed E-state index contributed by atoms with van der Waals surface area (Å²) in [7, 11) is 0. The molecule has 3 aromatic rings. The predicted octanol–water partition coefficient (Wildman–Crippen LogP) is 2.53. The number of para-hydroxylation sites is 1. The van der Waals surface area contributed by atoms with Crippen LogP contribution >= 0.6 is 0 Å². The fourth-order valence-electron chi connectivity index (χ4n) is 3.41. The number of benzene rings is 2. The van der Waals surface area contributed by atoms with Crippen LogP contribution in [-0.4, -0.2) is 28.6 Å². The van der Waals surface area contributed by atoms with Gasteiger partial charge in [-0.1, -0.05) is 30.3 Å². The van der Waals surface area contributed by atoms with E-state index in [4.69, 9.17) is 4.74 Å². The number of aromatic nitrogens is 1. The van der Waals surface area contributed by atoms with Crippen molar-refractivity contribution < 1.29 is 14.6 Å². The number of carbonyl (C=O) groups excluding carboxylic acids is 1. The highest BCUT2D eigenvalue weighted by molar-refractivity contribution is 5.96. The van der Waals surface area contributed by atoms with E-state index in [-0.39, 0.29) is 18.6 Å². The molecule has 2 heterocycles. The molecular weight excluding hydrogens is 316 g/mol. The number of aromatic amines is 1. The van der Waals surface area contributed by atoms with Crippen LogP contribution in [0.5, 0.6) is 0 Å². The van der Waals surface area contributed by atoms with Gasteiger partial charge in [-0.25, -0.2) is 0 Å². The summed E-state index contributed by atoms with van der Waals surface area (Å²) in [5.41, 5.74) is 4.77. The molecule has 1 aliphatic heterocycles. The van der Waals surface area contributed by atoms with Gasteiger partial charge in [-0.3, -0.25) is 4.79 Å². The molecule has 4 rings (SSSR count). The largest absolute Gasteiger partial charge is 0.394 e. The molecule has 1 atom stereocenters. The molecule has 2 aromatic carbocycles. The van der Waals surface area contributed by atoms with Crippen LogP contribution in [0.1, 0.15) is 27.0 Å². The summed E-state index contributed by atoms with van der Waals surface area (Å²) in [6, 6.07) is 13.3. The van der Waals surface area contributed by atoms with Crippen molar-refractivity contribution in [1.82, 2.24) is 10.3 Å². The van der Waals surface area contributed by atoms with Crippen LogP contribution in [0.2, 0.25) is 0 Å². The molecule has 25 heavy (non-hydrogen) atoms. The third-order valence-corrected chi connectivity index (χ3v) is 4.72. The molecule has 0 radical (unpaired) electrons. The molecule has 3 N–H and O–H groups in total. The molecule has 128 valence electrons. The SMILES string of the molecule is O=C(NC(CO)Cc1c[nH]c2ccccc12)c1cccc2c1COC2. The number of aliphatic hydroxyl groups excluding tert-OH is 1. The Morgan fingerprint density at radius 3 is 2.96 bits per heavy atom. The first kappa shape index (κ1) is 15.9. The van der Waals surface area contributed by atoms with E-state index in [0.717, 1.165) is 27.6 Å². The zero-order valence-electron chi connectivity index (χ0n) is 13.8. The Morgan fingerprint density at radius 2 is 2.08 bits per heavy atom. The lowest BCUT2D eigenvalue weighted by molar-refractivity contribution is 0.0911. The molecule has 1 aliphatic rings. The summed E-state index contributed by atoms with van der Waals surface area (Å²) >= 11 is 0. The fraction of sp³-hybridized carbons (Fsp3) is 0.250. The van der Waals surface area contributed by atoms with Gasteiger partial charge in [0.2, 0.25) is 0 Å². The van der Waals surface area contributed by atoms with E-state index in [0.29, 0.717) is 25.2 Å². The molecule has 0 aliphatic carbocycles. The summed E-state index contributed by atoms with van der Waals surface area (Å²) in [6.07, 6.45) is 2.51. The van der Waals surface area contributed by atoms with Crippen LogP contribution in [0.3, 0.4) is 0 Å². The van der Waals surface area contributed by atoms with Crippen LogP contribution in [0.4, 0.5) is 0 Å². The Labute approximate surface area is 145 Å². The Bertz CT molecular complexity index is 916. The maximum Gasteiger partial charge on any atom is 0.251 e. The highest BCUT2D eigenvalue weighted by Crippen LogP contribution is 2.24. The lowest BCUT2D eigenvalue weighted by atomic mass is 10.0. The first-order valence-corrected chi connectivity index (χ1v) is 8.41. The third-order valence-electron chi connectivity index (χ3n) is 4.72. The fourth-order valence-corrected chi connectivity index (χ4v) is 3.41. The van der Waals surface area contributed by atoms with Crippen molar-refractivity contribution in [3.8, 4) is 0 Å². The van der Waals surface area contributed by atoms with Crippen LogP contribution in [0.25, 0.3) is 10.9 Å². The molecule has 0 saturated heterocycles. The van der Waals surface area contributed by atoms with Gasteiger partial charge in [-0.05, 0) is 35.2 Å². The van der Waals surface area contributed by atoms with Crippen molar-refractivity contribution in [2.75, 3.05) is 6.61 Å². The zero-order chi connectivity index (χ0) is 17.2. The van der Waals surface area contributed by atoms with E-state index in [9.17, 15) is 9.90 Å². The van der Waals surface area contributed by atoms with Gasteiger partial charge >= 0.3 is 0 Å². The first-order valence-electron chi connectivity index (χ1n) is 8.41. The Hall–Kier alpha value is -2.63. The van der Waals surface area contributed by atoms with E-state index in [1.807, 2.05) is 48.7 Å². The van der Waals surface area contributed by atoms with Crippen LogP contribution < -0.4 is 5.32 Å². The van der Waals surface area contributed by atoms with Gasteiger partial charge in [0.1, 0.15) is 0 Å². The van der Waals surface area contributed by atoms with Crippen molar-refractivity contribution >= 4 is 16.8 Å². The van der Waals surface area contributed by atoms with Crippen molar-refractivity contribution in [2.45, 2.75) is 25.7 Å². The molecule has 5 heteroatoms. The maximum atomic E-state index is 12.7. The quantitative estimate of drug-likeness (QED) is 0.670. The third kappa shape index (κ3) is 3.04. The summed E-state index contributed by atoms with van der Waals surface area (Å²) in [4.78, 5) is 15.9. The molecule has 0 bridgehead atoms. The highest BCUT2D eigenvalue weighted by atomic mass is 16.5. The number of hydrogen-bond donors (Lipinski definition) is 3. The summed E-state index contributed by atoms with van der Waals surface area (Å²) in [5, 5.41) is 13.8. The number of rotatable bonds is 5. The number of nitrogens with one attached hydrogen (secondary N) is 2. The number of H-pyrrole nitrogens is 1. The minimum atomic E-state index is -0.343. The highest BCUT2D eigenvalue weighted by Gasteiger charge is 2.21. The first-order chi connectivity index (χ1) is 12.3. The molecule has 0 fully saturated rings. The predicted molar refractivity (Wildman–Crippen MR) is 95.3 cm³/mol. The van der Waals surface area contributed by atoms with Crippen molar-refractivity contribution in [3.63, 3.8) is 0 Å². The standard InChI is InChI=1S/C20H20N2O3/c23-10-15(8-14-9-21-19-7-2-1-5-16(14)19)22-20(24)17-6-3-4-13-11-25-12-18(13)17/h1-7,9,15,21,23H,8,10-12H2,(H,22,24). The Balaban J connectivity index is 1.52. The van der Waals surface area contributed by atoms with E-state index in [1.165, 1.54) is 0 Å². The van der Waals surface area contributed by atoms with Gasteiger partial charge in [0.25, 0.3) is 5.91 Å². The van der Waals surface area contributed by atoms with E-state index in [1.54, 1.807) is 0 Å². The van der Waals surface area contributed by atoms with Crippen molar-refractivity contribution in [1.29, 1.82) is 0 Å². The molecule has 0 spiro atoms. The lowest BCUT2D eigenvalue weighted by Gasteiger charge is -2.17. The Morgan fingerprint density at radius 1 is 1.20 bits per heavy atom. The van der Waals surface area contributed by atoms with Gasteiger partial charge in [0.15, 0.2) is 0 Å². The van der Waals surface area contributed by atoms with Gasteiger partial charge in [-0.15, -0.1) is 0 Å². The minimum Gasteiger partial charge on any atom is -0.394 e. The number of hydrogen-bond acceptors (Lipinski definition) is 3.